The number of rotatable bonds is 4. The highest BCUT2D eigenvalue weighted by Crippen LogP contribution is 2.32. The van der Waals surface area contributed by atoms with Crippen molar-refractivity contribution in [2.75, 3.05) is 50.7 Å². The van der Waals surface area contributed by atoms with E-state index in [1.807, 2.05) is 21.9 Å². The normalized spacial score (nSPS) is 25.6. The molecule has 0 aromatic heterocycles. The summed E-state index contributed by atoms with van der Waals surface area (Å²) in [6.07, 6.45) is 5.25. The Morgan fingerprint density at radius 1 is 1.00 bits per heavy atom. The zero-order chi connectivity index (χ0) is 19.5. The fourth-order valence-electron chi connectivity index (χ4n) is 5.07. The summed E-state index contributed by atoms with van der Waals surface area (Å²) in [6.45, 7) is 4.83. The maximum absolute atomic E-state index is 12.9. The summed E-state index contributed by atoms with van der Waals surface area (Å²) in [5.74, 6) is 0.920. The van der Waals surface area contributed by atoms with Crippen molar-refractivity contribution < 1.29 is 9.59 Å². The van der Waals surface area contributed by atoms with Crippen LogP contribution in [-0.2, 0) is 16.0 Å². The number of nitrogens with two attached hydrogens (primary N) is 1. The molecule has 4 rings (SSSR count). The van der Waals surface area contributed by atoms with Crippen LogP contribution < -0.4 is 10.6 Å². The summed E-state index contributed by atoms with van der Waals surface area (Å²) in [5, 5.41) is 0. The van der Waals surface area contributed by atoms with Crippen LogP contribution in [0.1, 0.15) is 31.2 Å². The summed E-state index contributed by atoms with van der Waals surface area (Å²) in [4.78, 5) is 31.9. The number of para-hydroxylation sites is 1. The van der Waals surface area contributed by atoms with Crippen LogP contribution >= 0.6 is 0 Å². The van der Waals surface area contributed by atoms with E-state index in [1.54, 1.807) is 0 Å². The molecule has 6 nitrogen and oxygen atoms in total. The van der Waals surface area contributed by atoms with Crippen LogP contribution in [0.25, 0.3) is 0 Å². The van der Waals surface area contributed by atoms with Gasteiger partial charge in [0.15, 0.2) is 0 Å². The van der Waals surface area contributed by atoms with Crippen molar-refractivity contribution in [3.63, 3.8) is 0 Å². The molecule has 0 unspecified atom stereocenters. The molecule has 152 valence electrons. The monoisotopic (exact) mass is 384 g/mol. The van der Waals surface area contributed by atoms with E-state index in [0.29, 0.717) is 19.0 Å². The number of amides is 2. The minimum atomic E-state index is 0.114. The molecular formula is C22H32N4O2. The van der Waals surface area contributed by atoms with E-state index in [-0.39, 0.29) is 17.7 Å². The van der Waals surface area contributed by atoms with Crippen molar-refractivity contribution >= 4 is 17.5 Å². The van der Waals surface area contributed by atoms with E-state index >= 15 is 0 Å². The predicted octanol–water partition coefficient (Wildman–Crippen LogP) is 1.49. The molecule has 2 aliphatic heterocycles. The first-order valence-corrected chi connectivity index (χ1v) is 10.8. The number of hydrogen-bond donors (Lipinski definition) is 1. The first-order chi connectivity index (χ1) is 13.7. The van der Waals surface area contributed by atoms with E-state index in [4.69, 9.17) is 5.73 Å². The number of carbonyl (C=O) groups is 2. The Kier molecular flexibility index (Phi) is 5.97. The van der Waals surface area contributed by atoms with E-state index in [0.717, 1.165) is 70.5 Å². The first-order valence-electron chi connectivity index (χ1n) is 10.8. The van der Waals surface area contributed by atoms with Crippen molar-refractivity contribution in [3.8, 4) is 0 Å². The van der Waals surface area contributed by atoms with Gasteiger partial charge in [-0.15, -0.1) is 0 Å². The average Bonchev–Trinajstić information content (AvgIpc) is 3.22. The molecule has 0 radical (unpaired) electrons. The van der Waals surface area contributed by atoms with Crippen LogP contribution in [-0.4, -0.2) is 67.4 Å². The Hall–Kier alpha value is -1.92. The molecule has 3 aliphatic rings. The molecule has 2 fully saturated rings. The Bertz CT molecular complexity index is 714. The maximum Gasteiger partial charge on any atom is 0.241 e. The highest BCUT2D eigenvalue weighted by atomic mass is 16.2. The SMILES string of the molecule is NC[C@H]1CCC[C@H]1C(=O)N1CCN(CC(=O)N2CCCc3ccccc32)CC1. The van der Waals surface area contributed by atoms with Crippen molar-refractivity contribution in [3.05, 3.63) is 29.8 Å². The predicted molar refractivity (Wildman–Crippen MR) is 110 cm³/mol. The van der Waals surface area contributed by atoms with Crippen molar-refractivity contribution in [2.24, 2.45) is 17.6 Å². The number of benzene rings is 1. The summed E-state index contributed by atoms with van der Waals surface area (Å²) < 4.78 is 0. The van der Waals surface area contributed by atoms with E-state index < -0.39 is 0 Å². The smallest absolute Gasteiger partial charge is 0.241 e. The van der Waals surface area contributed by atoms with Crippen LogP contribution in [0.4, 0.5) is 5.69 Å². The van der Waals surface area contributed by atoms with Gasteiger partial charge in [0, 0.05) is 44.3 Å². The molecular weight excluding hydrogens is 352 g/mol. The number of carbonyl (C=O) groups excluding carboxylic acids is 2. The summed E-state index contributed by atoms with van der Waals surface area (Å²) in [5.41, 5.74) is 8.19. The van der Waals surface area contributed by atoms with Crippen LogP contribution in [0.2, 0.25) is 0 Å². The van der Waals surface area contributed by atoms with Gasteiger partial charge in [-0.2, -0.15) is 0 Å². The second-order valence-electron chi connectivity index (χ2n) is 8.41. The Labute approximate surface area is 167 Å². The Morgan fingerprint density at radius 2 is 1.79 bits per heavy atom. The minimum absolute atomic E-state index is 0.114. The molecule has 0 spiro atoms. The van der Waals surface area contributed by atoms with Crippen LogP contribution in [0, 0.1) is 11.8 Å². The number of piperazine rings is 1. The van der Waals surface area contributed by atoms with Crippen LogP contribution in [0.5, 0.6) is 0 Å². The fourth-order valence-corrected chi connectivity index (χ4v) is 5.07. The number of fused-ring (bicyclic) bond motifs is 1. The molecule has 0 bridgehead atoms. The molecule has 1 saturated heterocycles. The van der Waals surface area contributed by atoms with Gasteiger partial charge < -0.3 is 15.5 Å². The van der Waals surface area contributed by atoms with Crippen LogP contribution in [0.3, 0.4) is 0 Å². The number of aryl methyl sites for hydroxylation is 1. The van der Waals surface area contributed by atoms with E-state index in [2.05, 4.69) is 17.0 Å². The van der Waals surface area contributed by atoms with Crippen molar-refractivity contribution in [2.45, 2.75) is 32.1 Å². The first kappa shape index (κ1) is 19.4. The average molecular weight is 385 g/mol. The van der Waals surface area contributed by atoms with Gasteiger partial charge in [0.1, 0.15) is 0 Å². The zero-order valence-corrected chi connectivity index (χ0v) is 16.7. The standard InChI is InChI=1S/C22H32N4O2/c23-15-18-6-3-8-19(18)22(28)25-13-11-24(12-14-25)16-21(27)26-10-4-7-17-5-1-2-9-20(17)26/h1-2,5,9,18-19H,3-4,6-8,10-16,23H2/t18-,19-/m1/s1. The van der Waals surface area contributed by atoms with Gasteiger partial charge >= 0.3 is 0 Å². The number of nitrogens with zero attached hydrogens (tertiary/aromatic N) is 3. The highest BCUT2D eigenvalue weighted by Gasteiger charge is 2.36. The van der Waals surface area contributed by atoms with Gasteiger partial charge in [0.2, 0.25) is 11.8 Å². The maximum atomic E-state index is 12.9. The van der Waals surface area contributed by atoms with Gasteiger partial charge in [0.25, 0.3) is 0 Å². The largest absolute Gasteiger partial charge is 0.340 e. The van der Waals surface area contributed by atoms with Gasteiger partial charge in [-0.05, 0) is 49.8 Å². The van der Waals surface area contributed by atoms with Gasteiger partial charge in [0.05, 0.1) is 6.54 Å². The van der Waals surface area contributed by atoms with Crippen LogP contribution in [0.15, 0.2) is 24.3 Å². The summed E-state index contributed by atoms with van der Waals surface area (Å²) >= 11 is 0. The lowest BCUT2D eigenvalue weighted by molar-refractivity contribution is -0.138. The summed E-state index contributed by atoms with van der Waals surface area (Å²) in [7, 11) is 0. The van der Waals surface area contributed by atoms with Gasteiger partial charge in [-0.1, -0.05) is 24.6 Å². The lowest BCUT2D eigenvalue weighted by atomic mass is 9.94. The summed E-state index contributed by atoms with van der Waals surface area (Å²) in [6, 6.07) is 8.23. The Morgan fingerprint density at radius 3 is 2.57 bits per heavy atom. The molecule has 2 N–H and O–H groups in total. The quantitative estimate of drug-likeness (QED) is 0.854. The minimum Gasteiger partial charge on any atom is -0.340 e. The topological polar surface area (TPSA) is 69.9 Å². The number of anilines is 1. The van der Waals surface area contributed by atoms with Crippen molar-refractivity contribution in [1.29, 1.82) is 0 Å². The molecule has 6 heteroatoms. The Balaban J connectivity index is 1.30. The highest BCUT2D eigenvalue weighted by molar-refractivity contribution is 5.96. The molecule has 1 aromatic rings. The molecule has 28 heavy (non-hydrogen) atoms. The van der Waals surface area contributed by atoms with E-state index in [1.165, 1.54) is 5.56 Å². The zero-order valence-electron chi connectivity index (χ0n) is 16.7. The van der Waals surface area contributed by atoms with Crippen molar-refractivity contribution in [1.82, 2.24) is 9.80 Å². The molecule has 2 amide bonds. The molecule has 2 heterocycles. The lowest BCUT2D eigenvalue weighted by Crippen LogP contribution is -2.53. The molecule has 1 aromatic carbocycles. The third-order valence-corrected chi connectivity index (χ3v) is 6.73. The molecule has 1 saturated carbocycles. The molecule has 2 atom stereocenters. The third-order valence-electron chi connectivity index (χ3n) is 6.73. The number of hydrogen-bond acceptors (Lipinski definition) is 4. The van der Waals surface area contributed by atoms with Gasteiger partial charge in [-0.25, -0.2) is 0 Å². The van der Waals surface area contributed by atoms with Gasteiger partial charge in [-0.3, -0.25) is 14.5 Å². The lowest BCUT2D eigenvalue weighted by Gasteiger charge is -2.37. The second-order valence-corrected chi connectivity index (χ2v) is 8.41. The third kappa shape index (κ3) is 3.94. The second kappa shape index (κ2) is 8.62. The van der Waals surface area contributed by atoms with E-state index in [9.17, 15) is 9.59 Å². The molecule has 1 aliphatic carbocycles. The fraction of sp³-hybridized carbons (Fsp3) is 0.636.